The summed E-state index contributed by atoms with van der Waals surface area (Å²) in [7, 11) is 0. The Morgan fingerprint density at radius 3 is 1.84 bits per heavy atom. The van der Waals surface area contributed by atoms with Crippen molar-refractivity contribution >= 4 is 11.7 Å². The highest BCUT2D eigenvalue weighted by Crippen LogP contribution is 2.35. The van der Waals surface area contributed by atoms with Gasteiger partial charge in [0.1, 0.15) is 0 Å². The highest BCUT2D eigenvalue weighted by molar-refractivity contribution is 5.75. The molecule has 0 bridgehead atoms. The molecule has 25 heavy (non-hydrogen) atoms. The summed E-state index contributed by atoms with van der Waals surface area (Å²) in [5, 5.41) is 3.07. The van der Waals surface area contributed by atoms with Crippen LogP contribution in [0.2, 0.25) is 0 Å². The molecule has 4 nitrogen and oxygen atoms in total. The van der Waals surface area contributed by atoms with E-state index in [1.54, 1.807) is 0 Å². The van der Waals surface area contributed by atoms with Crippen LogP contribution < -0.4 is 10.2 Å². The van der Waals surface area contributed by atoms with Crippen molar-refractivity contribution in [3.63, 3.8) is 0 Å². The summed E-state index contributed by atoms with van der Waals surface area (Å²) in [5.41, 5.74) is 4.03. The molecule has 1 aliphatic rings. The first-order valence-electron chi connectivity index (χ1n) is 9.55. The van der Waals surface area contributed by atoms with Crippen LogP contribution in [0.25, 0.3) is 0 Å². The van der Waals surface area contributed by atoms with E-state index in [-0.39, 0.29) is 11.6 Å². The third-order valence-corrected chi connectivity index (χ3v) is 4.71. The van der Waals surface area contributed by atoms with E-state index in [2.05, 4.69) is 56.1 Å². The van der Waals surface area contributed by atoms with Crippen molar-refractivity contribution in [1.29, 1.82) is 0 Å². The Labute approximate surface area is 153 Å². The maximum atomic E-state index is 12.4. The fourth-order valence-electron chi connectivity index (χ4n) is 3.41. The Bertz CT molecular complexity index is 567. The van der Waals surface area contributed by atoms with Gasteiger partial charge in [-0.15, -0.1) is 0 Å². The van der Waals surface area contributed by atoms with Gasteiger partial charge in [0.25, 0.3) is 0 Å². The lowest BCUT2D eigenvalue weighted by Gasteiger charge is -2.39. The topological polar surface area (TPSA) is 35.6 Å². The number of nitrogens with zero attached hydrogens (tertiary/aromatic N) is 2. The second-order valence-corrected chi connectivity index (χ2v) is 8.75. The first-order chi connectivity index (χ1) is 11.6. The molecule has 0 saturated carbocycles. The number of para-hydroxylation sites is 1. The first-order valence-corrected chi connectivity index (χ1v) is 9.55. The van der Waals surface area contributed by atoms with Gasteiger partial charge in [0.2, 0.25) is 0 Å². The Morgan fingerprint density at radius 1 is 0.960 bits per heavy atom. The minimum Gasteiger partial charge on any atom is -0.368 e. The molecule has 1 fully saturated rings. The molecular formula is C21H35N3O. The number of hydrogen-bond donors (Lipinski definition) is 1. The maximum absolute atomic E-state index is 12.4. The normalized spacial score (nSPS) is 15.9. The zero-order valence-electron chi connectivity index (χ0n) is 17.0. The number of benzene rings is 1. The lowest BCUT2D eigenvalue weighted by molar-refractivity contribution is 0.185. The fourth-order valence-corrected chi connectivity index (χ4v) is 3.41. The van der Waals surface area contributed by atoms with Crippen molar-refractivity contribution < 1.29 is 4.79 Å². The van der Waals surface area contributed by atoms with E-state index in [4.69, 9.17) is 0 Å². The van der Waals surface area contributed by atoms with Gasteiger partial charge in [0.15, 0.2) is 0 Å². The standard InChI is InChI=1S/C21H35N3O/c1-15(2)17-9-8-10-18(16(3)4)19(17)23-11-13-24(14-12-23)20(25)22-21(5,6)7/h8-10,15-16H,11-14H2,1-7H3,(H,22,25). The molecule has 0 aliphatic carbocycles. The van der Waals surface area contributed by atoms with E-state index < -0.39 is 0 Å². The average molecular weight is 346 g/mol. The quantitative estimate of drug-likeness (QED) is 0.871. The van der Waals surface area contributed by atoms with Gasteiger partial charge in [-0.2, -0.15) is 0 Å². The molecular weight excluding hydrogens is 310 g/mol. The van der Waals surface area contributed by atoms with Crippen molar-refractivity contribution in [3.8, 4) is 0 Å². The number of anilines is 1. The van der Waals surface area contributed by atoms with E-state index in [1.165, 1.54) is 16.8 Å². The van der Waals surface area contributed by atoms with Gasteiger partial charge in [-0.3, -0.25) is 0 Å². The molecule has 0 aromatic heterocycles. The molecule has 0 atom stereocenters. The molecule has 1 aliphatic heterocycles. The number of carbonyl (C=O) groups excluding carboxylic acids is 1. The van der Waals surface area contributed by atoms with Gasteiger partial charge < -0.3 is 15.1 Å². The average Bonchev–Trinajstić information content (AvgIpc) is 2.52. The van der Waals surface area contributed by atoms with E-state index in [0.29, 0.717) is 11.8 Å². The smallest absolute Gasteiger partial charge is 0.317 e. The summed E-state index contributed by atoms with van der Waals surface area (Å²) < 4.78 is 0. The molecule has 140 valence electrons. The monoisotopic (exact) mass is 345 g/mol. The highest BCUT2D eigenvalue weighted by atomic mass is 16.2. The number of amides is 2. The summed E-state index contributed by atoms with van der Waals surface area (Å²) in [5.74, 6) is 0.992. The van der Waals surface area contributed by atoms with Gasteiger partial charge in [-0.05, 0) is 43.7 Å². The van der Waals surface area contributed by atoms with Crippen LogP contribution in [0.4, 0.5) is 10.5 Å². The summed E-state index contributed by atoms with van der Waals surface area (Å²) in [6, 6.07) is 6.74. The summed E-state index contributed by atoms with van der Waals surface area (Å²) in [4.78, 5) is 16.8. The second kappa shape index (κ2) is 7.67. The van der Waals surface area contributed by atoms with Crippen LogP contribution in [-0.2, 0) is 0 Å². The number of hydrogen-bond acceptors (Lipinski definition) is 2. The molecule has 1 saturated heterocycles. The third kappa shape index (κ3) is 4.90. The molecule has 1 aromatic carbocycles. The molecule has 2 amide bonds. The van der Waals surface area contributed by atoms with Crippen LogP contribution in [0, 0.1) is 0 Å². The SMILES string of the molecule is CC(C)c1cccc(C(C)C)c1N1CCN(C(=O)NC(C)(C)C)CC1. The number of rotatable bonds is 3. The number of nitrogens with one attached hydrogen (secondary N) is 1. The van der Waals surface area contributed by atoms with Crippen molar-refractivity contribution in [2.75, 3.05) is 31.1 Å². The minimum atomic E-state index is -0.191. The summed E-state index contributed by atoms with van der Waals surface area (Å²) in [6.45, 7) is 18.4. The Hall–Kier alpha value is -1.71. The number of piperazine rings is 1. The Kier molecular flexibility index (Phi) is 6.02. The lowest BCUT2D eigenvalue weighted by atomic mass is 9.91. The predicted octanol–water partition coefficient (Wildman–Crippen LogP) is 4.56. The first kappa shape index (κ1) is 19.6. The largest absolute Gasteiger partial charge is 0.368 e. The Morgan fingerprint density at radius 2 is 1.44 bits per heavy atom. The van der Waals surface area contributed by atoms with Gasteiger partial charge >= 0.3 is 6.03 Å². The third-order valence-electron chi connectivity index (χ3n) is 4.71. The molecule has 0 spiro atoms. The van der Waals surface area contributed by atoms with Crippen molar-refractivity contribution in [1.82, 2.24) is 10.2 Å². The Balaban J connectivity index is 2.17. The summed E-state index contributed by atoms with van der Waals surface area (Å²) >= 11 is 0. The van der Waals surface area contributed by atoms with E-state index >= 15 is 0 Å². The minimum absolute atomic E-state index is 0.0494. The van der Waals surface area contributed by atoms with E-state index in [9.17, 15) is 4.79 Å². The number of carbonyl (C=O) groups is 1. The molecule has 4 heteroatoms. The molecule has 1 heterocycles. The highest BCUT2D eigenvalue weighted by Gasteiger charge is 2.27. The van der Waals surface area contributed by atoms with Gasteiger partial charge in [-0.1, -0.05) is 45.9 Å². The maximum Gasteiger partial charge on any atom is 0.317 e. The fraction of sp³-hybridized carbons (Fsp3) is 0.667. The van der Waals surface area contributed by atoms with E-state index in [0.717, 1.165) is 26.2 Å². The van der Waals surface area contributed by atoms with Crippen LogP contribution in [0.1, 0.15) is 71.4 Å². The van der Waals surface area contributed by atoms with Crippen molar-refractivity contribution in [3.05, 3.63) is 29.3 Å². The zero-order valence-corrected chi connectivity index (χ0v) is 17.0. The van der Waals surface area contributed by atoms with Crippen molar-refractivity contribution in [2.24, 2.45) is 0 Å². The summed E-state index contributed by atoms with van der Waals surface area (Å²) in [6.07, 6.45) is 0. The van der Waals surface area contributed by atoms with Crippen LogP contribution in [0.15, 0.2) is 18.2 Å². The molecule has 1 N–H and O–H groups in total. The van der Waals surface area contributed by atoms with Crippen molar-refractivity contribution in [2.45, 2.75) is 65.8 Å². The lowest BCUT2D eigenvalue weighted by Crippen LogP contribution is -2.55. The zero-order chi connectivity index (χ0) is 18.8. The molecule has 0 unspecified atom stereocenters. The van der Waals surface area contributed by atoms with Gasteiger partial charge in [0.05, 0.1) is 0 Å². The molecule has 2 rings (SSSR count). The van der Waals surface area contributed by atoms with Gasteiger partial charge in [0, 0.05) is 37.4 Å². The van der Waals surface area contributed by atoms with Crippen LogP contribution in [0.3, 0.4) is 0 Å². The number of urea groups is 1. The predicted molar refractivity (Wildman–Crippen MR) is 107 cm³/mol. The van der Waals surface area contributed by atoms with Crippen LogP contribution in [0.5, 0.6) is 0 Å². The molecule has 1 aromatic rings. The van der Waals surface area contributed by atoms with Gasteiger partial charge in [-0.25, -0.2) is 4.79 Å². The van der Waals surface area contributed by atoms with Crippen LogP contribution in [-0.4, -0.2) is 42.6 Å². The second-order valence-electron chi connectivity index (χ2n) is 8.75. The molecule has 0 radical (unpaired) electrons. The van der Waals surface area contributed by atoms with Crippen LogP contribution >= 0.6 is 0 Å². The van der Waals surface area contributed by atoms with E-state index in [1.807, 2.05) is 25.7 Å².